The lowest BCUT2D eigenvalue weighted by Gasteiger charge is -2.42. The van der Waals surface area contributed by atoms with Gasteiger partial charge in [-0.1, -0.05) is 41.5 Å². The summed E-state index contributed by atoms with van der Waals surface area (Å²) in [5.74, 6) is -0.0603. The predicted octanol–water partition coefficient (Wildman–Crippen LogP) is 2.99. The van der Waals surface area contributed by atoms with Gasteiger partial charge in [0.25, 0.3) is 5.91 Å². The molecule has 0 fully saturated rings. The zero-order valence-corrected chi connectivity index (χ0v) is 12.9. The Bertz CT molecular complexity index is 255. The molecule has 0 unspecified atom stereocenters. The molecule has 0 heterocycles. The number of amides is 1. The van der Waals surface area contributed by atoms with Crippen molar-refractivity contribution in [1.82, 2.24) is 5.32 Å². The van der Waals surface area contributed by atoms with Crippen molar-refractivity contribution in [3.05, 3.63) is 0 Å². The van der Waals surface area contributed by atoms with Crippen molar-refractivity contribution in [2.24, 2.45) is 10.8 Å². The molecule has 17 heavy (non-hydrogen) atoms. The topological polar surface area (TPSA) is 38.3 Å². The Balaban J connectivity index is 4.99. The average molecular weight is 243 g/mol. The summed E-state index contributed by atoms with van der Waals surface area (Å²) in [4.78, 5) is 12.2. The molecule has 3 nitrogen and oxygen atoms in total. The summed E-state index contributed by atoms with van der Waals surface area (Å²) >= 11 is 0. The fraction of sp³-hybridized carbons (Fsp3) is 0.929. The van der Waals surface area contributed by atoms with Crippen molar-refractivity contribution in [2.45, 2.75) is 67.0 Å². The van der Waals surface area contributed by atoms with Gasteiger partial charge in [-0.05, 0) is 24.7 Å². The van der Waals surface area contributed by atoms with E-state index < -0.39 is 5.60 Å². The normalized spacial score (nSPS) is 14.0. The lowest BCUT2D eigenvalue weighted by molar-refractivity contribution is -0.142. The summed E-state index contributed by atoms with van der Waals surface area (Å²) in [6.45, 7) is 16.4. The number of hydrogen-bond acceptors (Lipinski definition) is 2. The van der Waals surface area contributed by atoms with Crippen LogP contribution in [0.4, 0.5) is 0 Å². The van der Waals surface area contributed by atoms with E-state index in [1.54, 1.807) is 21.0 Å². The highest BCUT2D eigenvalue weighted by molar-refractivity contribution is 5.84. The van der Waals surface area contributed by atoms with E-state index in [2.05, 4.69) is 46.9 Å². The summed E-state index contributed by atoms with van der Waals surface area (Å²) in [6.07, 6.45) is 0. The Morgan fingerprint density at radius 1 is 0.941 bits per heavy atom. The molecule has 0 aromatic rings. The van der Waals surface area contributed by atoms with Gasteiger partial charge in [-0.3, -0.25) is 4.79 Å². The second-order valence-electron chi connectivity index (χ2n) is 7.35. The van der Waals surface area contributed by atoms with Crippen LogP contribution in [0.3, 0.4) is 0 Å². The monoisotopic (exact) mass is 243 g/mol. The Hall–Kier alpha value is -0.570. The fourth-order valence-corrected chi connectivity index (χ4v) is 2.13. The van der Waals surface area contributed by atoms with Gasteiger partial charge in [-0.2, -0.15) is 0 Å². The Labute approximate surface area is 106 Å². The van der Waals surface area contributed by atoms with Crippen LogP contribution in [0.25, 0.3) is 0 Å². The molecule has 0 spiro atoms. The molecule has 0 aliphatic carbocycles. The molecule has 0 aromatic carbocycles. The molecule has 1 N–H and O–H groups in total. The highest BCUT2D eigenvalue weighted by Gasteiger charge is 2.39. The molecule has 0 aliphatic heterocycles. The van der Waals surface area contributed by atoms with E-state index in [-0.39, 0.29) is 22.8 Å². The molecule has 0 aromatic heterocycles. The fourth-order valence-electron chi connectivity index (χ4n) is 2.13. The molecule has 0 saturated heterocycles. The molecule has 0 atom stereocenters. The summed E-state index contributed by atoms with van der Waals surface area (Å²) < 4.78 is 5.21. The summed E-state index contributed by atoms with van der Waals surface area (Å²) in [6, 6.07) is 0.0944. The number of carbonyl (C=O) groups excluding carboxylic acids is 1. The minimum Gasteiger partial charge on any atom is -0.369 e. The first kappa shape index (κ1) is 16.4. The van der Waals surface area contributed by atoms with Crippen LogP contribution in [-0.4, -0.2) is 24.7 Å². The molecule has 102 valence electrons. The first-order valence-corrected chi connectivity index (χ1v) is 6.18. The standard InChI is InChI=1S/C14H29NO2/c1-12(2,3)10(13(4,5)6)15-11(16)14(7,8)17-9/h10H,1-9H3,(H,15,16). The number of ether oxygens (including phenoxy) is 1. The third-order valence-corrected chi connectivity index (χ3v) is 3.06. The molecule has 0 radical (unpaired) electrons. The van der Waals surface area contributed by atoms with E-state index in [4.69, 9.17) is 4.74 Å². The Morgan fingerprint density at radius 2 is 1.29 bits per heavy atom. The first-order chi connectivity index (χ1) is 7.32. The molecule has 0 aliphatic rings. The largest absolute Gasteiger partial charge is 0.369 e. The van der Waals surface area contributed by atoms with E-state index >= 15 is 0 Å². The van der Waals surface area contributed by atoms with E-state index in [0.29, 0.717) is 0 Å². The maximum absolute atomic E-state index is 12.2. The van der Waals surface area contributed by atoms with Gasteiger partial charge in [0, 0.05) is 13.2 Å². The van der Waals surface area contributed by atoms with Crippen molar-refractivity contribution in [3.8, 4) is 0 Å². The maximum atomic E-state index is 12.2. The Kier molecular flexibility index (Phi) is 4.80. The van der Waals surface area contributed by atoms with Crippen LogP contribution in [0, 0.1) is 10.8 Å². The van der Waals surface area contributed by atoms with Crippen LogP contribution in [0.2, 0.25) is 0 Å². The van der Waals surface area contributed by atoms with E-state index in [1.807, 2.05) is 0 Å². The van der Waals surface area contributed by atoms with Crippen LogP contribution in [0.1, 0.15) is 55.4 Å². The lowest BCUT2D eigenvalue weighted by atomic mass is 9.72. The molecule has 0 rings (SSSR count). The molecule has 0 saturated carbocycles. The van der Waals surface area contributed by atoms with Gasteiger partial charge in [0.2, 0.25) is 0 Å². The third-order valence-electron chi connectivity index (χ3n) is 3.06. The van der Waals surface area contributed by atoms with Crippen molar-refractivity contribution in [1.29, 1.82) is 0 Å². The van der Waals surface area contributed by atoms with E-state index in [9.17, 15) is 4.79 Å². The Morgan fingerprint density at radius 3 is 1.53 bits per heavy atom. The molecule has 0 bridgehead atoms. The minimum absolute atomic E-state index is 0.0116. The maximum Gasteiger partial charge on any atom is 0.251 e. The predicted molar refractivity (Wildman–Crippen MR) is 71.9 cm³/mol. The van der Waals surface area contributed by atoms with Gasteiger partial charge in [0.15, 0.2) is 0 Å². The zero-order valence-electron chi connectivity index (χ0n) is 12.9. The van der Waals surface area contributed by atoms with Crippen LogP contribution >= 0.6 is 0 Å². The SMILES string of the molecule is COC(C)(C)C(=O)NC(C(C)(C)C)C(C)(C)C. The van der Waals surface area contributed by atoms with Crippen LogP contribution < -0.4 is 5.32 Å². The van der Waals surface area contributed by atoms with Gasteiger partial charge in [0.1, 0.15) is 5.60 Å². The van der Waals surface area contributed by atoms with Crippen LogP contribution in [0.5, 0.6) is 0 Å². The number of carbonyl (C=O) groups is 1. The second-order valence-corrected chi connectivity index (χ2v) is 7.35. The van der Waals surface area contributed by atoms with E-state index in [0.717, 1.165) is 0 Å². The molecule has 3 heteroatoms. The summed E-state index contributed by atoms with van der Waals surface area (Å²) in [5.41, 5.74) is -0.760. The van der Waals surface area contributed by atoms with Gasteiger partial charge in [-0.15, -0.1) is 0 Å². The van der Waals surface area contributed by atoms with Gasteiger partial charge in [-0.25, -0.2) is 0 Å². The van der Waals surface area contributed by atoms with Gasteiger partial charge >= 0.3 is 0 Å². The zero-order chi connectivity index (χ0) is 14.1. The van der Waals surface area contributed by atoms with Crippen LogP contribution in [0.15, 0.2) is 0 Å². The number of rotatable bonds is 3. The highest BCUT2D eigenvalue weighted by Crippen LogP contribution is 2.33. The van der Waals surface area contributed by atoms with Gasteiger partial charge in [0.05, 0.1) is 0 Å². The van der Waals surface area contributed by atoms with Crippen molar-refractivity contribution < 1.29 is 9.53 Å². The van der Waals surface area contributed by atoms with Crippen molar-refractivity contribution >= 4 is 5.91 Å². The smallest absolute Gasteiger partial charge is 0.251 e. The quantitative estimate of drug-likeness (QED) is 0.827. The van der Waals surface area contributed by atoms with Crippen LogP contribution in [-0.2, 0) is 9.53 Å². The summed E-state index contributed by atoms with van der Waals surface area (Å²) in [5, 5.41) is 3.12. The minimum atomic E-state index is -0.783. The van der Waals surface area contributed by atoms with Crippen molar-refractivity contribution in [2.75, 3.05) is 7.11 Å². The number of methoxy groups -OCH3 is 1. The van der Waals surface area contributed by atoms with Gasteiger partial charge < -0.3 is 10.1 Å². The summed E-state index contributed by atoms with van der Waals surface area (Å²) in [7, 11) is 1.56. The highest BCUT2D eigenvalue weighted by atomic mass is 16.5. The van der Waals surface area contributed by atoms with Crippen molar-refractivity contribution in [3.63, 3.8) is 0 Å². The number of hydrogen-bond donors (Lipinski definition) is 1. The molecule has 1 amide bonds. The third kappa shape index (κ3) is 4.66. The molecular weight excluding hydrogens is 214 g/mol. The number of nitrogens with one attached hydrogen (secondary N) is 1. The van der Waals surface area contributed by atoms with E-state index in [1.165, 1.54) is 0 Å². The first-order valence-electron chi connectivity index (χ1n) is 6.18. The molecular formula is C14H29NO2. The lowest BCUT2D eigenvalue weighted by Crippen LogP contribution is -2.56. The second kappa shape index (κ2) is 4.97. The average Bonchev–Trinajstić information content (AvgIpc) is 2.09.